The van der Waals surface area contributed by atoms with Gasteiger partial charge >= 0.3 is 0 Å². The Morgan fingerprint density at radius 2 is 2.00 bits per heavy atom. The molecule has 142 valence electrons. The number of rotatable bonds is 3. The van der Waals surface area contributed by atoms with Gasteiger partial charge in [0.15, 0.2) is 5.84 Å². The molecule has 27 heavy (non-hydrogen) atoms. The van der Waals surface area contributed by atoms with E-state index in [0.29, 0.717) is 22.2 Å². The second-order valence-corrected chi connectivity index (χ2v) is 8.43. The van der Waals surface area contributed by atoms with Gasteiger partial charge in [-0.05, 0) is 24.6 Å². The minimum atomic E-state index is -3.58. The fourth-order valence-electron chi connectivity index (χ4n) is 3.60. The lowest BCUT2D eigenvalue weighted by Gasteiger charge is -2.40. The first-order valence-electron chi connectivity index (χ1n) is 8.90. The summed E-state index contributed by atoms with van der Waals surface area (Å²) in [5, 5.41) is 0. The molecule has 0 bridgehead atoms. The van der Waals surface area contributed by atoms with Gasteiger partial charge in [-0.15, -0.1) is 4.40 Å². The van der Waals surface area contributed by atoms with Crippen LogP contribution < -0.4 is 4.74 Å². The Labute approximate surface area is 159 Å². The van der Waals surface area contributed by atoms with Crippen molar-refractivity contribution in [3.05, 3.63) is 53.7 Å². The minimum absolute atomic E-state index is 0.263. The summed E-state index contributed by atoms with van der Waals surface area (Å²) in [6, 6.07) is 11.2. The van der Waals surface area contributed by atoms with Crippen molar-refractivity contribution in [2.24, 2.45) is 4.40 Å². The summed E-state index contributed by atoms with van der Waals surface area (Å²) >= 11 is 0. The molecule has 4 rings (SSSR count). The predicted molar refractivity (Wildman–Crippen MR) is 102 cm³/mol. The van der Waals surface area contributed by atoms with E-state index in [-0.39, 0.29) is 6.04 Å². The largest absolute Gasteiger partial charge is 0.481 e. The number of aromatic nitrogens is 1. The zero-order chi connectivity index (χ0) is 19.0. The molecule has 1 saturated heterocycles. The van der Waals surface area contributed by atoms with E-state index < -0.39 is 10.0 Å². The molecular weight excluding hydrogens is 364 g/mol. The van der Waals surface area contributed by atoms with Gasteiger partial charge in [-0.2, -0.15) is 8.42 Å². The molecule has 1 fully saturated rings. The van der Waals surface area contributed by atoms with Gasteiger partial charge in [-0.3, -0.25) is 4.90 Å². The lowest BCUT2D eigenvalue weighted by Crippen LogP contribution is -2.53. The van der Waals surface area contributed by atoms with E-state index in [1.54, 1.807) is 19.2 Å². The number of amidine groups is 1. The molecule has 0 N–H and O–H groups in total. The number of piperazine rings is 1. The zero-order valence-electron chi connectivity index (χ0n) is 15.4. The normalized spacial score (nSPS) is 21.6. The summed E-state index contributed by atoms with van der Waals surface area (Å²) in [5.74, 6) is 1.18. The number of benzene rings is 1. The Morgan fingerprint density at radius 1 is 1.19 bits per heavy atom. The highest BCUT2D eigenvalue weighted by Crippen LogP contribution is 2.28. The summed E-state index contributed by atoms with van der Waals surface area (Å²) in [5.41, 5.74) is 1.83. The van der Waals surface area contributed by atoms with Crippen LogP contribution in [0.2, 0.25) is 0 Å². The highest BCUT2D eigenvalue weighted by atomic mass is 32.2. The molecule has 0 spiro atoms. The molecule has 1 aromatic carbocycles. The molecule has 7 nitrogen and oxygen atoms in total. The van der Waals surface area contributed by atoms with Crippen molar-refractivity contribution in [1.29, 1.82) is 0 Å². The second kappa shape index (κ2) is 6.94. The SMILES string of the molecule is COc1ccc(CN2CCN(C3=NS(=O)(=O)c4ccccc43)CC2C)cn1. The molecule has 2 aliphatic heterocycles. The molecule has 0 amide bonds. The number of nitrogens with zero attached hydrogens (tertiary/aromatic N) is 4. The van der Waals surface area contributed by atoms with Gasteiger partial charge in [-0.1, -0.05) is 18.2 Å². The summed E-state index contributed by atoms with van der Waals surface area (Å²) in [6.07, 6.45) is 1.84. The first-order valence-corrected chi connectivity index (χ1v) is 10.3. The molecule has 2 aliphatic rings. The van der Waals surface area contributed by atoms with Crippen LogP contribution in [0.25, 0.3) is 0 Å². The zero-order valence-corrected chi connectivity index (χ0v) is 16.2. The van der Waals surface area contributed by atoms with Crippen LogP contribution in [0, 0.1) is 0 Å². The standard InChI is InChI=1S/C19H22N4O3S/c1-14-12-23(19-16-5-3-4-6-17(16)27(24,25)21-19)10-9-22(14)13-15-7-8-18(26-2)20-11-15/h3-8,11,14H,9-10,12-13H2,1-2H3. The van der Waals surface area contributed by atoms with Crippen molar-refractivity contribution < 1.29 is 13.2 Å². The number of methoxy groups -OCH3 is 1. The molecule has 2 aromatic rings. The summed E-state index contributed by atoms with van der Waals surface area (Å²) in [4.78, 5) is 9.02. The number of hydrogen-bond acceptors (Lipinski definition) is 6. The van der Waals surface area contributed by atoms with Crippen LogP contribution >= 0.6 is 0 Å². The van der Waals surface area contributed by atoms with Crippen molar-refractivity contribution in [2.45, 2.75) is 24.4 Å². The third-order valence-electron chi connectivity index (χ3n) is 5.07. The van der Waals surface area contributed by atoms with Gasteiger partial charge in [0.25, 0.3) is 10.0 Å². The molecule has 1 unspecified atom stereocenters. The monoisotopic (exact) mass is 386 g/mol. The fraction of sp³-hybridized carbons (Fsp3) is 0.368. The van der Waals surface area contributed by atoms with Crippen molar-refractivity contribution in [3.8, 4) is 5.88 Å². The first kappa shape index (κ1) is 17.9. The van der Waals surface area contributed by atoms with Crippen LogP contribution in [0.5, 0.6) is 5.88 Å². The summed E-state index contributed by atoms with van der Waals surface area (Å²) in [6.45, 7) is 5.24. The molecule has 0 saturated carbocycles. The van der Waals surface area contributed by atoms with E-state index in [4.69, 9.17) is 4.74 Å². The van der Waals surface area contributed by atoms with Crippen molar-refractivity contribution >= 4 is 15.9 Å². The van der Waals surface area contributed by atoms with Gasteiger partial charge < -0.3 is 9.64 Å². The molecule has 3 heterocycles. The molecule has 0 aliphatic carbocycles. The van der Waals surface area contributed by atoms with Crippen LogP contribution in [-0.2, 0) is 16.6 Å². The van der Waals surface area contributed by atoms with E-state index in [9.17, 15) is 8.42 Å². The maximum absolute atomic E-state index is 12.3. The van der Waals surface area contributed by atoms with Gasteiger partial charge in [-0.25, -0.2) is 4.98 Å². The van der Waals surface area contributed by atoms with E-state index in [2.05, 4.69) is 26.1 Å². The Morgan fingerprint density at radius 3 is 2.70 bits per heavy atom. The number of hydrogen-bond donors (Lipinski definition) is 0. The van der Waals surface area contributed by atoms with Gasteiger partial charge in [0, 0.05) is 50.0 Å². The van der Waals surface area contributed by atoms with Gasteiger partial charge in [0.2, 0.25) is 5.88 Å². The highest BCUT2D eigenvalue weighted by molar-refractivity contribution is 7.90. The van der Waals surface area contributed by atoms with E-state index >= 15 is 0 Å². The van der Waals surface area contributed by atoms with Gasteiger partial charge in [0.1, 0.15) is 4.90 Å². The van der Waals surface area contributed by atoms with Crippen molar-refractivity contribution in [1.82, 2.24) is 14.8 Å². The smallest absolute Gasteiger partial charge is 0.285 e. The number of sulfonamides is 1. The molecular formula is C19H22N4O3S. The Kier molecular flexibility index (Phi) is 4.61. The Balaban J connectivity index is 1.48. The van der Waals surface area contributed by atoms with Crippen LogP contribution in [0.15, 0.2) is 51.9 Å². The molecule has 8 heteroatoms. The van der Waals surface area contributed by atoms with Crippen LogP contribution in [0.1, 0.15) is 18.1 Å². The second-order valence-electron chi connectivity index (χ2n) is 6.86. The van der Waals surface area contributed by atoms with E-state index in [1.807, 2.05) is 30.5 Å². The van der Waals surface area contributed by atoms with Crippen LogP contribution in [0.3, 0.4) is 0 Å². The summed E-state index contributed by atoms with van der Waals surface area (Å²) < 4.78 is 33.8. The average molecular weight is 386 g/mol. The Bertz CT molecular complexity index is 973. The Hall–Kier alpha value is -2.45. The maximum atomic E-state index is 12.3. The molecule has 0 radical (unpaired) electrons. The van der Waals surface area contributed by atoms with Gasteiger partial charge in [0.05, 0.1) is 7.11 Å². The van der Waals surface area contributed by atoms with Crippen molar-refractivity contribution in [2.75, 3.05) is 26.7 Å². The number of fused-ring (bicyclic) bond motifs is 1. The average Bonchev–Trinajstić information content (AvgIpc) is 2.95. The van der Waals surface area contributed by atoms with Crippen molar-refractivity contribution in [3.63, 3.8) is 0 Å². The third-order valence-corrected chi connectivity index (χ3v) is 6.39. The predicted octanol–water partition coefficient (Wildman–Crippen LogP) is 1.75. The topological polar surface area (TPSA) is 75.1 Å². The van der Waals surface area contributed by atoms with Crippen LogP contribution in [0.4, 0.5) is 0 Å². The summed E-state index contributed by atoms with van der Waals surface area (Å²) in [7, 11) is -1.97. The highest BCUT2D eigenvalue weighted by Gasteiger charge is 2.34. The number of ether oxygens (including phenoxy) is 1. The van der Waals surface area contributed by atoms with Crippen LogP contribution in [-0.4, -0.2) is 61.8 Å². The quantitative estimate of drug-likeness (QED) is 0.800. The van der Waals surface area contributed by atoms with E-state index in [1.165, 1.54) is 0 Å². The lowest BCUT2D eigenvalue weighted by molar-refractivity contribution is 0.116. The number of pyridine rings is 1. The molecule has 1 atom stereocenters. The first-order chi connectivity index (χ1) is 13.0. The maximum Gasteiger partial charge on any atom is 0.285 e. The van der Waals surface area contributed by atoms with E-state index in [0.717, 1.165) is 31.7 Å². The third kappa shape index (κ3) is 3.42. The minimum Gasteiger partial charge on any atom is -0.481 e. The lowest BCUT2D eigenvalue weighted by atomic mass is 10.1. The fourth-order valence-corrected chi connectivity index (χ4v) is 4.83. The molecule has 1 aromatic heterocycles.